The molecule has 0 bridgehead atoms. The summed E-state index contributed by atoms with van der Waals surface area (Å²) in [7, 11) is 0. The maximum absolute atomic E-state index is 12.1. The average Bonchev–Trinajstić information content (AvgIpc) is 2.96. The van der Waals surface area contributed by atoms with Crippen LogP contribution in [0.15, 0.2) is 24.4 Å². The van der Waals surface area contributed by atoms with Gasteiger partial charge in [-0.25, -0.2) is 0 Å². The molecule has 1 aliphatic heterocycles. The number of benzene rings is 1. The Morgan fingerprint density at radius 2 is 1.89 bits per heavy atom. The van der Waals surface area contributed by atoms with Gasteiger partial charge in [-0.3, -0.25) is 14.5 Å². The number of amides is 1. The second kappa shape index (κ2) is 7.72. The molecule has 3 N–H and O–H groups in total. The van der Waals surface area contributed by atoms with E-state index in [9.17, 15) is 14.7 Å². The van der Waals surface area contributed by atoms with E-state index in [0.29, 0.717) is 17.5 Å². The van der Waals surface area contributed by atoms with Gasteiger partial charge in [-0.2, -0.15) is 0 Å². The van der Waals surface area contributed by atoms with E-state index in [-0.39, 0.29) is 11.8 Å². The highest BCUT2D eigenvalue weighted by molar-refractivity contribution is 5.96. The van der Waals surface area contributed by atoms with Gasteiger partial charge in [0.05, 0.1) is 0 Å². The highest BCUT2D eigenvalue weighted by atomic mass is 16.4. The number of nitrogens with zero attached hydrogens (tertiary/aromatic N) is 1. The SMILES string of the molecule is CC(C)C(=O)Nc1ccc2c([C@H](C(=O)O)N3C[C@H](C)C[C@H](C)C3)c[nH]c2c1. The van der Waals surface area contributed by atoms with E-state index in [1.165, 1.54) is 0 Å². The molecule has 3 atom stereocenters. The Hall–Kier alpha value is -2.34. The number of hydrogen-bond acceptors (Lipinski definition) is 3. The number of anilines is 1. The molecule has 0 aliphatic carbocycles. The summed E-state index contributed by atoms with van der Waals surface area (Å²) in [6, 6.07) is 4.92. The van der Waals surface area contributed by atoms with Crippen LogP contribution in [0.4, 0.5) is 5.69 Å². The van der Waals surface area contributed by atoms with Gasteiger partial charge in [0.25, 0.3) is 0 Å². The zero-order valence-electron chi connectivity index (χ0n) is 16.5. The standard InChI is InChI=1S/C21H29N3O3/c1-12(2)20(25)23-15-5-6-16-17(9-22-18(16)8-15)19(21(26)27)24-10-13(3)7-14(4)11-24/h5-6,8-9,12-14,19,22H,7,10-11H2,1-4H3,(H,23,25)(H,26,27)/t13-,14+,19-/m1/s1. The molecule has 3 rings (SSSR count). The Bertz CT molecular complexity index is 832. The summed E-state index contributed by atoms with van der Waals surface area (Å²) in [6.07, 6.45) is 2.93. The fraction of sp³-hybridized carbons (Fsp3) is 0.524. The lowest BCUT2D eigenvalue weighted by Crippen LogP contribution is -2.43. The van der Waals surface area contributed by atoms with Crippen molar-refractivity contribution >= 4 is 28.5 Å². The van der Waals surface area contributed by atoms with E-state index in [1.807, 2.05) is 32.0 Å². The molecule has 0 saturated carbocycles. The van der Waals surface area contributed by atoms with Gasteiger partial charge in [-0.1, -0.05) is 33.8 Å². The molecule has 1 fully saturated rings. The molecule has 1 amide bonds. The largest absolute Gasteiger partial charge is 0.480 e. The number of carbonyl (C=O) groups excluding carboxylic acids is 1. The molecular weight excluding hydrogens is 342 g/mol. The van der Waals surface area contributed by atoms with Crippen molar-refractivity contribution in [1.29, 1.82) is 0 Å². The predicted octanol–water partition coefficient (Wildman–Crippen LogP) is 3.87. The third-order valence-corrected chi connectivity index (χ3v) is 5.30. The van der Waals surface area contributed by atoms with E-state index in [1.54, 1.807) is 6.20 Å². The van der Waals surface area contributed by atoms with Gasteiger partial charge in [0.15, 0.2) is 0 Å². The summed E-state index contributed by atoms with van der Waals surface area (Å²) in [5.74, 6) is 0.00639. The van der Waals surface area contributed by atoms with E-state index in [2.05, 4.69) is 29.0 Å². The van der Waals surface area contributed by atoms with Gasteiger partial charge in [0.2, 0.25) is 5.91 Å². The fourth-order valence-corrected chi connectivity index (χ4v) is 4.15. The quantitative estimate of drug-likeness (QED) is 0.745. The number of carboxylic acids is 1. The Balaban J connectivity index is 1.92. The van der Waals surface area contributed by atoms with E-state index >= 15 is 0 Å². The van der Waals surface area contributed by atoms with Gasteiger partial charge < -0.3 is 15.4 Å². The monoisotopic (exact) mass is 371 g/mol. The molecule has 146 valence electrons. The summed E-state index contributed by atoms with van der Waals surface area (Å²) in [6.45, 7) is 9.63. The minimum Gasteiger partial charge on any atom is -0.480 e. The summed E-state index contributed by atoms with van der Waals surface area (Å²) in [5, 5.41) is 13.7. The van der Waals surface area contributed by atoms with Crippen molar-refractivity contribution in [3.8, 4) is 0 Å². The van der Waals surface area contributed by atoms with Crippen LogP contribution in [-0.4, -0.2) is 40.0 Å². The van der Waals surface area contributed by atoms with Crippen molar-refractivity contribution in [2.45, 2.75) is 40.2 Å². The minimum atomic E-state index is -0.825. The summed E-state index contributed by atoms with van der Waals surface area (Å²) in [5.41, 5.74) is 2.32. The first-order valence-corrected chi connectivity index (χ1v) is 9.65. The zero-order valence-corrected chi connectivity index (χ0v) is 16.5. The molecule has 1 aromatic heterocycles. The molecular formula is C21H29N3O3. The molecule has 1 aromatic carbocycles. The van der Waals surface area contributed by atoms with Gasteiger partial charge in [0.1, 0.15) is 6.04 Å². The number of rotatable bonds is 5. The van der Waals surface area contributed by atoms with Gasteiger partial charge in [-0.05, 0) is 30.4 Å². The van der Waals surface area contributed by atoms with Gasteiger partial charge in [-0.15, -0.1) is 0 Å². The van der Waals surface area contributed by atoms with E-state index in [0.717, 1.165) is 36.0 Å². The first-order valence-electron chi connectivity index (χ1n) is 9.65. The smallest absolute Gasteiger partial charge is 0.325 e. The molecule has 2 aromatic rings. The van der Waals surface area contributed by atoms with E-state index in [4.69, 9.17) is 0 Å². The normalized spacial score (nSPS) is 22.1. The van der Waals surface area contributed by atoms with Crippen LogP contribution in [-0.2, 0) is 9.59 Å². The second-order valence-electron chi connectivity index (χ2n) is 8.29. The van der Waals surface area contributed by atoms with Crippen LogP contribution in [0.2, 0.25) is 0 Å². The lowest BCUT2D eigenvalue weighted by Gasteiger charge is -2.38. The zero-order chi connectivity index (χ0) is 19.7. The number of H-pyrrole nitrogens is 1. The second-order valence-corrected chi connectivity index (χ2v) is 8.29. The number of carboxylic acid groups (broad SMARTS) is 1. The maximum atomic E-state index is 12.1. The Morgan fingerprint density at radius 1 is 1.22 bits per heavy atom. The molecule has 0 spiro atoms. The molecule has 2 heterocycles. The predicted molar refractivity (Wildman–Crippen MR) is 107 cm³/mol. The average molecular weight is 371 g/mol. The van der Waals surface area contributed by atoms with Crippen molar-refractivity contribution < 1.29 is 14.7 Å². The number of carbonyl (C=O) groups is 2. The molecule has 1 aliphatic rings. The highest BCUT2D eigenvalue weighted by Crippen LogP contribution is 2.34. The summed E-state index contributed by atoms with van der Waals surface area (Å²) >= 11 is 0. The van der Waals surface area contributed by atoms with Crippen LogP contribution < -0.4 is 5.32 Å². The number of likely N-dealkylation sites (tertiary alicyclic amines) is 1. The number of aromatic nitrogens is 1. The van der Waals surface area contributed by atoms with Crippen molar-refractivity contribution in [1.82, 2.24) is 9.88 Å². The minimum absolute atomic E-state index is 0.0409. The van der Waals surface area contributed by atoms with Crippen LogP contribution in [0.1, 0.15) is 45.7 Å². The number of aromatic amines is 1. The fourth-order valence-electron chi connectivity index (χ4n) is 4.15. The highest BCUT2D eigenvalue weighted by Gasteiger charge is 2.34. The molecule has 27 heavy (non-hydrogen) atoms. The molecule has 0 radical (unpaired) electrons. The lowest BCUT2D eigenvalue weighted by molar-refractivity contribution is -0.144. The van der Waals surface area contributed by atoms with Crippen LogP contribution >= 0.6 is 0 Å². The third-order valence-electron chi connectivity index (χ3n) is 5.30. The summed E-state index contributed by atoms with van der Waals surface area (Å²) < 4.78 is 0. The van der Waals surface area contributed by atoms with Crippen molar-refractivity contribution in [3.05, 3.63) is 30.0 Å². The Morgan fingerprint density at radius 3 is 2.48 bits per heavy atom. The molecule has 0 unspecified atom stereocenters. The lowest BCUT2D eigenvalue weighted by atomic mass is 9.89. The molecule has 6 nitrogen and oxygen atoms in total. The van der Waals surface area contributed by atoms with Crippen LogP contribution in [0, 0.1) is 17.8 Å². The first-order chi connectivity index (χ1) is 12.8. The number of hydrogen-bond donors (Lipinski definition) is 3. The Labute approximate surface area is 159 Å². The van der Waals surface area contributed by atoms with E-state index < -0.39 is 12.0 Å². The topological polar surface area (TPSA) is 85.4 Å². The number of nitrogens with one attached hydrogen (secondary N) is 2. The van der Waals surface area contributed by atoms with Crippen molar-refractivity contribution in [3.63, 3.8) is 0 Å². The number of fused-ring (bicyclic) bond motifs is 1. The third kappa shape index (κ3) is 4.16. The molecule has 1 saturated heterocycles. The summed E-state index contributed by atoms with van der Waals surface area (Å²) in [4.78, 5) is 29.3. The van der Waals surface area contributed by atoms with Crippen LogP contribution in [0.5, 0.6) is 0 Å². The first kappa shape index (κ1) is 19.4. The Kier molecular flexibility index (Phi) is 5.56. The number of piperidine rings is 1. The molecule has 6 heteroatoms. The maximum Gasteiger partial charge on any atom is 0.325 e. The van der Waals surface area contributed by atoms with Crippen LogP contribution in [0.3, 0.4) is 0 Å². The van der Waals surface area contributed by atoms with Crippen molar-refractivity contribution in [2.75, 3.05) is 18.4 Å². The van der Waals surface area contributed by atoms with Crippen molar-refractivity contribution in [2.24, 2.45) is 17.8 Å². The number of aliphatic carboxylic acids is 1. The van der Waals surface area contributed by atoms with Crippen LogP contribution in [0.25, 0.3) is 10.9 Å². The van der Waals surface area contributed by atoms with Gasteiger partial charge in [0, 0.05) is 47.4 Å². The van der Waals surface area contributed by atoms with Gasteiger partial charge >= 0.3 is 5.97 Å².